The maximum Gasteiger partial charge on any atom is 0.259 e. The molecule has 19 heavy (non-hydrogen) atoms. The summed E-state index contributed by atoms with van der Waals surface area (Å²) in [4.78, 5) is 12.2. The lowest BCUT2D eigenvalue weighted by Crippen LogP contribution is -2.15. The molecule has 0 unspecified atom stereocenters. The third-order valence-corrected chi connectivity index (χ3v) is 3.89. The maximum absolute atomic E-state index is 12.2. The molecular weight excluding hydrogens is 398 g/mol. The van der Waals surface area contributed by atoms with E-state index < -0.39 is 0 Å². The van der Waals surface area contributed by atoms with E-state index in [1.807, 2.05) is 0 Å². The molecule has 0 radical (unpaired) electrons. The Labute approximate surface area is 134 Å². The van der Waals surface area contributed by atoms with Crippen molar-refractivity contribution < 1.29 is 4.79 Å². The second-order valence-electron chi connectivity index (χ2n) is 3.78. The summed E-state index contributed by atoms with van der Waals surface area (Å²) in [6.07, 6.45) is 0. The standard InChI is InChI=1S/C13H9Cl2IN2O/c14-7-4-5-11(9(16)6-7)18-13(19)12-8(15)2-1-3-10(12)17/h1-6H,17H2,(H,18,19). The second kappa shape index (κ2) is 5.98. The van der Waals surface area contributed by atoms with E-state index in [1.165, 1.54) is 0 Å². The second-order valence-corrected chi connectivity index (χ2v) is 5.79. The first kappa shape index (κ1) is 14.4. The van der Waals surface area contributed by atoms with Gasteiger partial charge >= 0.3 is 0 Å². The first-order valence-corrected chi connectivity index (χ1v) is 7.13. The molecule has 0 aliphatic rings. The summed E-state index contributed by atoms with van der Waals surface area (Å²) >= 11 is 13.9. The van der Waals surface area contributed by atoms with E-state index in [-0.39, 0.29) is 11.5 Å². The SMILES string of the molecule is Nc1cccc(Cl)c1C(=O)Nc1ccc(Cl)cc1I. The number of nitrogens with two attached hydrogens (primary N) is 1. The molecule has 2 aromatic carbocycles. The molecule has 0 fully saturated rings. The summed E-state index contributed by atoms with van der Waals surface area (Å²) in [7, 11) is 0. The predicted molar refractivity (Wildman–Crippen MR) is 88.0 cm³/mol. The zero-order valence-electron chi connectivity index (χ0n) is 9.58. The lowest BCUT2D eigenvalue weighted by atomic mass is 10.1. The summed E-state index contributed by atoms with van der Waals surface area (Å²) in [5.74, 6) is -0.344. The number of amides is 1. The van der Waals surface area contributed by atoms with Crippen LogP contribution >= 0.6 is 45.8 Å². The molecule has 0 aliphatic heterocycles. The third kappa shape index (κ3) is 3.32. The summed E-state index contributed by atoms with van der Waals surface area (Å²) in [5.41, 5.74) is 7.05. The van der Waals surface area contributed by atoms with Gasteiger partial charge in [0.25, 0.3) is 5.91 Å². The molecule has 2 aromatic rings. The summed E-state index contributed by atoms with van der Waals surface area (Å²) < 4.78 is 0.837. The van der Waals surface area contributed by atoms with Gasteiger partial charge in [-0.05, 0) is 52.9 Å². The molecule has 0 heterocycles. The Morgan fingerprint density at radius 1 is 1.21 bits per heavy atom. The van der Waals surface area contributed by atoms with Crippen molar-refractivity contribution >= 4 is 63.1 Å². The van der Waals surface area contributed by atoms with Crippen molar-refractivity contribution in [2.75, 3.05) is 11.1 Å². The molecule has 0 spiro atoms. The van der Waals surface area contributed by atoms with Crippen LogP contribution < -0.4 is 11.1 Å². The van der Waals surface area contributed by atoms with E-state index in [1.54, 1.807) is 36.4 Å². The number of rotatable bonds is 2. The Bertz CT molecular complexity index is 626. The van der Waals surface area contributed by atoms with Crippen LogP contribution in [0.15, 0.2) is 36.4 Å². The third-order valence-electron chi connectivity index (χ3n) is 2.45. The zero-order valence-corrected chi connectivity index (χ0v) is 13.3. The summed E-state index contributed by atoms with van der Waals surface area (Å²) in [6.45, 7) is 0. The van der Waals surface area contributed by atoms with Crippen LogP contribution in [0.2, 0.25) is 10.0 Å². The molecule has 0 saturated carbocycles. The zero-order chi connectivity index (χ0) is 14.0. The Kier molecular flexibility index (Phi) is 4.54. The minimum Gasteiger partial charge on any atom is -0.398 e. The van der Waals surface area contributed by atoms with Crippen LogP contribution in [0.5, 0.6) is 0 Å². The fourth-order valence-electron chi connectivity index (χ4n) is 1.56. The Hall–Kier alpha value is -0.980. The van der Waals surface area contributed by atoms with Crippen LogP contribution in [0, 0.1) is 3.57 Å². The average molecular weight is 407 g/mol. The number of hydrogen-bond acceptors (Lipinski definition) is 2. The van der Waals surface area contributed by atoms with E-state index in [2.05, 4.69) is 27.9 Å². The van der Waals surface area contributed by atoms with Crippen LogP contribution in [-0.2, 0) is 0 Å². The van der Waals surface area contributed by atoms with Gasteiger partial charge in [-0.25, -0.2) is 0 Å². The van der Waals surface area contributed by atoms with Crippen LogP contribution in [0.4, 0.5) is 11.4 Å². The van der Waals surface area contributed by atoms with Crippen molar-refractivity contribution in [1.29, 1.82) is 0 Å². The van der Waals surface area contributed by atoms with Crippen molar-refractivity contribution in [2.24, 2.45) is 0 Å². The van der Waals surface area contributed by atoms with Gasteiger partial charge in [0.05, 0.1) is 16.3 Å². The minimum absolute atomic E-state index is 0.273. The number of anilines is 2. The molecule has 6 heteroatoms. The van der Waals surface area contributed by atoms with Crippen molar-refractivity contribution in [2.45, 2.75) is 0 Å². The molecule has 0 aromatic heterocycles. The lowest BCUT2D eigenvalue weighted by molar-refractivity contribution is 0.102. The molecule has 1 amide bonds. The summed E-state index contributed by atoms with van der Waals surface area (Å²) in [6, 6.07) is 10.1. The molecule has 0 atom stereocenters. The molecule has 0 bridgehead atoms. The normalized spacial score (nSPS) is 10.3. The highest BCUT2D eigenvalue weighted by Crippen LogP contribution is 2.26. The summed E-state index contributed by atoms with van der Waals surface area (Å²) in [5, 5.41) is 3.70. The van der Waals surface area contributed by atoms with Gasteiger partial charge in [-0.1, -0.05) is 29.3 Å². The number of nitrogens with one attached hydrogen (secondary N) is 1. The van der Waals surface area contributed by atoms with E-state index in [4.69, 9.17) is 28.9 Å². The first-order chi connectivity index (χ1) is 8.99. The van der Waals surface area contributed by atoms with Gasteiger partial charge in [0, 0.05) is 14.3 Å². The molecule has 3 N–H and O–H groups in total. The van der Waals surface area contributed by atoms with E-state index in [9.17, 15) is 4.79 Å². The Morgan fingerprint density at radius 2 is 1.95 bits per heavy atom. The van der Waals surface area contributed by atoms with E-state index >= 15 is 0 Å². The van der Waals surface area contributed by atoms with E-state index in [0.29, 0.717) is 21.4 Å². The minimum atomic E-state index is -0.344. The Balaban J connectivity index is 2.31. The molecule has 0 aliphatic carbocycles. The predicted octanol–water partition coefficient (Wildman–Crippen LogP) is 4.43. The Morgan fingerprint density at radius 3 is 2.58 bits per heavy atom. The highest BCUT2D eigenvalue weighted by atomic mass is 127. The number of halogens is 3. The van der Waals surface area contributed by atoms with Gasteiger partial charge in [0.2, 0.25) is 0 Å². The monoisotopic (exact) mass is 406 g/mol. The number of hydrogen-bond donors (Lipinski definition) is 2. The number of carbonyl (C=O) groups excluding carboxylic acids is 1. The molecule has 3 nitrogen and oxygen atoms in total. The highest BCUT2D eigenvalue weighted by molar-refractivity contribution is 14.1. The van der Waals surface area contributed by atoms with Crippen molar-refractivity contribution in [3.63, 3.8) is 0 Å². The topological polar surface area (TPSA) is 55.1 Å². The van der Waals surface area contributed by atoms with Crippen LogP contribution in [-0.4, -0.2) is 5.91 Å². The van der Waals surface area contributed by atoms with Crippen LogP contribution in [0.25, 0.3) is 0 Å². The number of nitrogen functional groups attached to an aromatic ring is 1. The average Bonchev–Trinajstić information content (AvgIpc) is 2.32. The highest BCUT2D eigenvalue weighted by Gasteiger charge is 2.15. The van der Waals surface area contributed by atoms with Gasteiger partial charge in [-0.2, -0.15) is 0 Å². The quantitative estimate of drug-likeness (QED) is 0.572. The first-order valence-electron chi connectivity index (χ1n) is 5.29. The van der Waals surface area contributed by atoms with Gasteiger partial charge in [0.1, 0.15) is 0 Å². The van der Waals surface area contributed by atoms with E-state index in [0.717, 1.165) is 3.57 Å². The van der Waals surface area contributed by atoms with Crippen molar-refractivity contribution in [1.82, 2.24) is 0 Å². The van der Waals surface area contributed by atoms with Crippen molar-refractivity contribution in [3.8, 4) is 0 Å². The molecular formula is C13H9Cl2IN2O. The largest absolute Gasteiger partial charge is 0.398 e. The smallest absolute Gasteiger partial charge is 0.259 e. The fraction of sp³-hybridized carbons (Fsp3) is 0. The van der Waals surface area contributed by atoms with Gasteiger partial charge < -0.3 is 11.1 Å². The fourth-order valence-corrected chi connectivity index (χ4v) is 2.83. The van der Waals surface area contributed by atoms with Gasteiger partial charge in [-0.15, -0.1) is 0 Å². The molecule has 98 valence electrons. The van der Waals surface area contributed by atoms with Crippen molar-refractivity contribution in [3.05, 3.63) is 55.6 Å². The van der Waals surface area contributed by atoms with Crippen LogP contribution in [0.1, 0.15) is 10.4 Å². The molecule has 2 rings (SSSR count). The lowest BCUT2D eigenvalue weighted by Gasteiger charge is -2.10. The molecule has 0 saturated heterocycles. The van der Waals surface area contributed by atoms with Gasteiger partial charge in [0.15, 0.2) is 0 Å². The van der Waals surface area contributed by atoms with Crippen LogP contribution in [0.3, 0.4) is 0 Å². The maximum atomic E-state index is 12.2. The van der Waals surface area contributed by atoms with Gasteiger partial charge in [-0.3, -0.25) is 4.79 Å². The number of benzene rings is 2. The number of carbonyl (C=O) groups is 1.